The number of para-hydroxylation sites is 1. The molecule has 0 bridgehead atoms. The molecule has 126 valence electrons. The fraction of sp³-hybridized carbons (Fsp3) is 0.350. The van der Waals surface area contributed by atoms with Crippen molar-refractivity contribution in [1.82, 2.24) is 5.32 Å². The summed E-state index contributed by atoms with van der Waals surface area (Å²) >= 11 is 0. The van der Waals surface area contributed by atoms with E-state index in [4.69, 9.17) is 4.74 Å². The molecule has 0 aromatic heterocycles. The Kier molecular flexibility index (Phi) is 4.74. The molecule has 0 aliphatic carbocycles. The van der Waals surface area contributed by atoms with Gasteiger partial charge in [-0.1, -0.05) is 30.3 Å². The third kappa shape index (κ3) is 3.23. The molecule has 0 spiro atoms. The molecule has 4 heteroatoms. The van der Waals surface area contributed by atoms with Crippen LogP contribution in [0.4, 0.5) is 10.5 Å². The van der Waals surface area contributed by atoms with Gasteiger partial charge in [-0.25, -0.2) is 4.79 Å². The van der Waals surface area contributed by atoms with Crippen LogP contribution in [0.25, 0.3) is 0 Å². The molecule has 1 N–H and O–H groups in total. The Morgan fingerprint density at radius 1 is 1.21 bits per heavy atom. The molecule has 0 radical (unpaired) electrons. The molecule has 1 aliphatic rings. The number of carbonyl (C=O) groups excluding carboxylic acids is 1. The molecule has 0 saturated carbocycles. The van der Waals surface area contributed by atoms with Gasteiger partial charge < -0.3 is 10.1 Å². The van der Waals surface area contributed by atoms with E-state index in [2.05, 4.69) is 31.3 Å². The number of hydrogen-bond donors (Lipinski definition) is 1. The molecule has 4 nitrogen and oxygen atoms in total. The number of amides is 2. The summed E-state index contributed by atoms with van der Waals surface area (Å²) < 4.78 is 5.79. The van der Waals surface area contributed by atoms with Gasteiger partial charge in [0.15, 0.2) is 0 Å². The Labute approximate surface area is 143 Å². The summed E-state index contributed by atoms with van der Waals surface area (Å²) in [5.41, 5.74) is 4.59. The molecular weight excluding hydrogens is 300 g/mol. The molecule has 1 aliphatic heterocycles. The summed E-state index contributed by atoms with van der Waals surface area (Å²) in [6, 6.07) is 14.2. The quantitative estimate of drug-likeness (QED) is 0.868. The monoisotopic (exact) mass is 324 g/mol. The van der Waals surface area contributed by atoms with Crippen LogP contribution in [0.2, 0.25) is 0 Å². The molecule has 2 aromatic carbocycles. The van der Waals surface area contributed by atoms with E-state index in [1.807, 2.05) is 42.2 Å². The summed E-state index contributed by atoms with van der Waals surface area (Å²) in [5, 5.41) is 2.96. The van der Waals surface area contributed by atoms with Crippen molar-refractivity contribution in [3.8, 4) is 5.75 Å². The van der Waals surface area contributed by atoms with Crippen molar-refractivity contribution in [2.75, 3.05) is 18.1 Å². The van der Waals surface area contributed by atoms with Crippen molar-refractivity contribution >= 4 is 11.7 Å². The third-order valence-corrected chi connectivity index (χ3v) is 4.62. The van der Waals surface area contributed by atoms with Gasteiger partial charge in [-0.2, -0.15) is 0 Å². The smallest absolute Gasteiger partial charge is 0.322 e. The van der Waals surface area contributed by atoms with Crippen molar-refractivity contribution in [2.45, 2.75) is 33.2 Å². The summed E-state index contributed by atoms with van der Waals surface area (Å²) in [6.07, 6.45) is 0.905. The summed E-state index contributed by atoms with van der Waals surface area (Å²) in [4.78, 5) is 14.4. The van der Waals surface area contributed by atoms with E-state index < -0.39 is 0 Å². The van der Waals surface area contributed by atoms with Crippen LogP contribution < -0.4 is 15.0 Å². The number of fused-ring (bicyclic) bond motifs is 1. The molecule has 2 amide bonds. The fourth-order valence-corrected chi connectivity index (χ4v) is 3.16. The van der Waals surface area contributed by atoms with Crippen LogP contribution in [0.15, 0.2) is 42.5 Å². The van der Waals surface area contributed by atoms with Gasteiger partial charge in [0.05, 0.1) is 6.54 Å². The number of ether oxygens (including phenoxy) is 1. The maximum absolute atomic E-state index is 12.5. The van der Waals surface area contributed by atoms with E-state index in [-0.39, 0.29) is 12.1 Å². The van der Waals surface area contributed by atoms with Crippen LogP contribution in [0.1, 0.15) is 23.6 Å². The lowest BCUT2D eigenvalue weighted by molar-refractivity contribution is 0.240. The second kappa shape index (κ2) is 6.95. The first-order valence-electron chi connectivity index (χ1n) is 8.42. The van der Waals surface area contributed by atoms with Gasteiger partial charge >= 0.3 is 6.03 Å². The maximum atomic E-state index is 12.5. The Hall–Kier alpha value is -2.49. The molecule has 3 rings (SSSR count). The van der Waals surface area contributed by atoms with Gasteiger partial charge in [0.2, 0.25) is 0 Å². The number of carbonyl (C=O) groups is 1. The van der Waals surface area contributed by atoms with Crippen LogP contribution in [-0.4, -0.2) is 25.2 Å². The number of nitrogens with one attached hydrogen (secondary N) is 1. The standard InChI is InChI=1S/C20H24N2O2/c1-14-7-6-10-19(16(14)3)24-12-11-21-20(23)22-15(2)13-17-8-4-5-9-18(17)22/h4-10,15H,11-13H2,1-3H3,(H,21,23). The van der Waals surface area contributed by atoms with Gasteiger partial charge in [0, 0.05) is 11.7 Å². The zero-order valence-corrected chi connectivity index (χ0v) is 14.5. The first-order valence-corrected chi connectivity index (χ1v) is 8.42. The van der Waals surface area contributed by atoms with E-state index in [1.54, 1.807) is 0 Å². The average molecular weight is 324 g/mol. The number of rotatable bonds is 4. The predicted molar refractivity (Wildman–Crippen MR) is 96.9 cm³/mol. The minimum absolute atomic E-state index is 0.0583. The van der Waals surface area contributed by atoms with Crippen molar-refractivity contribution in [3.63, 3.8) is 0 Å². The van der Waals surface area contributed by atoms with Gasteiger partial charge in [-0.05, 0) is 56.0 Å². The molecule has 0 fully saturated rings. The molecule has 2 aromatic rings. The lowest BCUT2D eigenvalue weighted by atomic mass is 10.1. The van der Waals surface area contributed by atoms with E-state index in [1.165, 1.54) is 11.1 Å². The number of nitrogens with zero attached hydrogens (tertiary/aromatic N) is 1. The van der Waals surface area contributed by atoms with Gasteiger partial charge in [0.1, 0.15) is 12.4 Å². The van der Waals surface area contributed by atoms with Crippen molar-refractivity contribution in [2.24, 2.45) is 0 Å². The Morgan fingerprint density at radius 2 is 2.00 bits per heavy atom. The summed E-state index contributed by atoms with van der Waals surface area (Å²) in [7, 11) is 0. The molecule has 1 atom stereocenters. The van der Waals surface area contributed by atoms with Crippen LogP contribution in [0.5, 0.6) is 5.75 Å². The highest BCUT2D eigenvalue weighted by molar-refractivity contribution is 5.94. The zero-order valence-electron chi connectivity index (χ0n) is 14.5. The van der Waals surface area contributed by atoms with Crippen LogP contribution >= 0.6 is 0 Å². The number of urea groups is 1. The number of aryl methyl sites for hydroxylation is 1. The predicted octanol–water partition coefficient (Wildman–Crippen LogP) is 3.84. The minimum Gasteiger partial charge on any atom is -0.491 e. The fourth-order valence-electron chi connectivity index (χ4n) is 3.16. The lowest BCUT2D eigenvalue weighted by Crippen LogP contribution is -2.44. The van der Waals surface area contributed by atoms with Crippen molar-refractivity contribution in [1.29, 1.82) is 0 Å². The van der Waals surface area contributed by atoms with Crippen LogP contribution in [0, 0.1) is 13.8 Å². The minimum atomic E-state index is -0.0583. The highest BCUT2D eigenvalue weighted by Crippen LogP contribution is 2.31. The topological polar surface area (TPSA) is 41.6 Å². The van der Waals surface area contributed by atoms with E-state index in [0.717, 1.165) is 23.4 Å². The van der Waals surface area contributed by atoms with Gasteiger partial charge in [-0.3, -0.25) is 4.90 Å². The first kappa shape index (κ1) is 16.4. The Balaban J connectivity index is 1.54. The van der Waals surface area contributed by atoms with Crippen molar-refractivity contribution in [3.05, 3.63) is 59.2 Å². The normalized spacial score (nSPS) is 16.0. The second-order valence-electron chi connectivity index (χ2n) is 6.33. The highest BCUT2D eigenvalue weighted by Gasteiger charge is 2.30. The molecule has 24 heavy (non-hydrogen) atoms. The van der Waals surface area contributed by atoms with Gasteiger partial charge in [0.25, 0.3) is 0 Å². The van der Waals surface area contributed by atoms with E-state index in [0.29, 0.717) is 13.2 Å². The largest absolute Gasteiger partial charge is 0.491 e. The van der Waals surface area contributed by atoms with Crippen LogP contribution in [0.3, 0.4) is 0 Å². The zero-order chi connectivity index (χ0) is 17.1. The molecular formula is C20H24N2O2. The average Bonchev–Trinajstić information content (AvgIpc) is 2.91. The first-order chi connectivity index (χ1) is 11.6. The lowest BCUT2D eigenvalue weighted by Gasteiger charge is -2.23. The number of hydrogen-bond acceptors (Lipinski definition) is 2. The number of anilines is 1. The number of benzene rings is 2. The Bertz CT molecular complexity index is 742. The van der Waals surface area contributed by atoms with E-state index >= 15 is 0 Å². The third-order valence-electron chi connectivity index (χ3n) is 4.62. The van der Waals surface area contributed by atoms with Crippen molar-refractivity contribution < 1.29 is 9.53 Å². The van der Waals surface area contributed by atoms with Gasteiger partial charge in [-0.15, -0.1) is 0 Å². The van der Waals surface area contributed by atoms with Crippen LogP contribution in [-0.2, 0) is 6.42 Å². The Morgan fingerprint density at radius 3 is 2.83 bits per heavy atom. The maximum Gasteiger partial charge on any atom is 0.322 e. The summed E-state index contributed by atoms with van der Waals surface area (Å²) in [5.74, 6) is 0.879. The summed E-state index contributed by atoms with van der Waals surface area (Å²) in [6.45, 7) is 7.13. The molecule has 1 heterocycles. The highest BCUT2D eigenvalue weighted by atomic mass is 16.5. The van der Waals surface area contributed by atoms with E-state index in [9.17, 15) is 4.79 Å². The molecule has 1 unspecified atom stereocenters. The molecule has 0 saturated heterocycles. The SMILES string of the molecule is Cc1cccc(OCCNC(=O)N2c3ccccc3CC2C)c1C. The second-order valence-corrected chi connectivity index (χ2v) is 6.33.